The Labute approximate surface area is 221 Å². The molecule has 1 heterocycles. The second-order valence-corrected chi connectivity index (χ2v) is 9.97. The monoisotopic (exact) mass is 633 g/mol. The van der Waals surface area contributed by atoms with Crippen molar-refractivity contribution in [2.75, 3.05) is 25.1 Å². The molecule has 1 aliphatic rings. The Balaban J connectivity index is 1.37. The maximum atomic E-state index is 12.5. The molecular formula is C26H25BrIN3O3. The third-order valence-electron chi connectivity index (χ3n) is 5.53. The summed E-state index contributed by atoms with van der Waals surface area (Å²) in [5.74, 6) is 1.03. The molecule has 0 aromatic heterocycles. The fraction of sp³-hybridized carbons (Fsp3) is 0.231. The van der Waals surface area contributed by atoms with Crippen molar-refractivity contribution < 1.29 is 14.3 Å². The minimum atomic E-state index is -0.250. The first-order valence-electron chi connectivity index (χ1n) is 11.0. The van der Waals surface area contributed by atoms with E-state index in [9.17, 15) is 4.79 Å². The van der Waals surface area contributed by atoms with Gasteiger partial charge >= 0.3 is 0 Å². The standard InChI is InChI=1S/C26H25BrIN3O3/c1-33-24-15-19(14-23(28)25(24)34-17-18-4-8-21(27)9-5-18)16-29-30-26(32)20-6-10-22(11-7-20)31-12-2-3-13-31/h4-11,14-16H,2-3,12-13,17H2,1H3,(H,30,32)/b29-16-. The van der Waals surface area contributed by atoms with Crippen LogP contribution in [0.2, 0.25) is 0 Å². The normalized spacial score (nSPS) is 13.3. The zero-order valence-corrected chi connectivity index (χ0v) is 22.5. The van der Waals surface area contributed by atoms with E-state index < -0.39 is 0 Å². The van der Waals surface area contributed by atoms with Crippen molar-refractivity contribution in [3.8, 4) is 11.5 Å². The van der Waals surface area contributed by atoms with E-state index in [1.165, 1.54) is 12.8 Å². The summed E-state index contributed by atoms with van der Waals surface area (Å²) in [6, 6.07) is 19.4. The highest BCUT2D eigenvalue weighted by atomic mass is 127. The smallest absolute Gasteiger partial charge is 0.271 e. The number of amides is 1. The Bertz CT molecular complexity index is 1160. The fourth-order valence-electron chi connectivity index (χ4n) is 3.72. The highest BCUT2D eigenvalue weighted by molar-refractivity contribution is 14.1. The third-order valence-corrected chi connectivity index (χ3v) is 6.86. The van der Waals surface area contributed by atoms with Crippen LogP contribution >= 0.6 is 38.5 Å². The molecule has 6 nitrogen and oxygen atoms in total. The molecule has 176 valence electrons. The molecule has 1 saturated heterocycles. The maximum absolute atomic E-state index is 12.5. The highest BCUT2D eigenvalue weighted by Gasteiger charge is 2.14. The van der Waals surface area contributed by atoms with E-state index in [2.05, 4.69) is 53.9 Å². The van der Waals surface area contributed by atoms with Crippen molar-refractivity contribution in [2.24, 2.45) is 5.10 Å². The molecule has 3 aromatic rings. The molecule has 4 rings (SSSR count). The maximum Gasteiger partial charge on any atom is 0.271 e. The van der Waals surface area contributed by atoms with Crippen molar-refractivity contribution >= 4 is 56.3 Å². The van der Waals surface area contributed by atoms with Gasteiger partial charge in [-0.2, -0.15) is 5.10 Å². The Morgan fingerprint density at radius 3 is 2.50 bits per heavy atom. The molecule has 0 bridgehead atoms. The van der Waals surface area contributed by atoms with Crippen LogP contribution in [0.3, 0.4) is 0 Å². The molecule has 0 spiro atoms. The molecule has 8 heteroatoms. The summed E-state index contributed by atoms with van der Waals surface area (Å²) < 4.78 is 13.5. The van der Waals surface area contributed by atoms with Gasteiger partial charge in [-0.15, -0.1) is 0 Å². The average molecular weight is 634 g/mol. The molecular weight excluding hydrogens is 609 g/mol. The lowest BCUT2D eigenvalue weighted by Gasteiger charge is -2.17. The van der Waals surface area contributed by atoms with Crippen molar-refractivity contribution in [2.45, 2.75) is 19.4 Å². The largest absolute Gasteiger partial charge is 0.493 e. The van der Waals surface area contributed by atoms with E-state index in [0.717, 1.165) is 37.9 Å². The van der Waals surface area contributed by atoms with Crippen LogP contribution < -0.4 is 19.8 Å². The molecule has 0 atom stereocenters. The number of hydrazone groups is 1. The Morgan fingerprint density at radius 1 is 1.12 bits per heavy atom. The molecule has 0 unspecified atom stereocenters. The average Bonchev–Trinajstić information content (AvgIpc) is 3.39. The molecule has 0 radical (unpaired) electrons. The van der Waals surface area contributed by atoms with Crippen LogP contribution in [0.15, 0.2) is 70.2 Å². The lowest BCUT2D eigenvalue weighted by Crippen LogP contribution is -2.19. The van der Waals surface area contributed by atoms with E-state index in [0.29, 0.717) is 23.7 Å². The quantitative estimate of drug-likeness (QED) is 0.188. The predicted molar refractivity (Wildman–Crippen MR) is 147 cm³/mol. The van der Waals surface area contributed by atoms with Gasteiger partial charge in [-0.3, -0.25) is 4.79 Å². The first-order valence-corrected chi connectivity index (χ1v) is 12.8. The number of carbonyl (C=O) groups is 1. The molecule has 34 heavy (non-hydrogen) atoms. The van der Waals surface area contributed by atoms with Gasteiger partial charge < -0.3 is 14.4 Å². The summed E-state index contributed by atoms with van der Waals surface area (Å²) >= 11 is 5.65. The molecule has 1 N–H and O–H groups in total. The van der Waals surface area contributed by atoms with Gasteiger partial charge in [0.15, 0.2) is 11.5 Å². The minimum Gasteiger partial charge on any atom is -0.493 e. The Kier molecular flexibility index (Phi) is 8.44. The zero-order chi connectivity index (χ0) is 23.9. The van der Waals surface area contributed by atoms with Crippen LogP contribution in [0.5, 0.6) is 11.5 Å². The van der Waals surface area contributed by atoms with Crippen molar-refractivity contribution in [3.63, 3.8) is 0 Å². The summed E-state index contributed by atoms with van der Waals surface area (Å²) in [5, 5.41) is 4.13. The van der Waals surface area contributed by atoms with E-state index in [1.54, 1.807) is 13.3 Å². The topological polar surface area (TPSA) is 63.2 Å². The number of halogens is 2. The van der Waals surface area contributed by atoms with Gasteiger partial charge in [0.2, 0.25) is 0 Å². The number of hydrogen-bond donors (Lipinski definition) is 1. The number of methoxy groups -OCH3 is 1. The number of hydrogen-bond acceptors (Lipinski definition) is 5. The number of rotatable bonds is 8. The highest BCUT2D eigenvalue weighted by Crippen LogP contribution is 2.34. The summed E-state index contributed by atoms with van der Waals surface area (Å²) in [4.78, 5) is 14.8. The van der Waals surface area contributed by atoms with Crippen LogP contribution in [-0.4, -0.2) is 32.3 Å². The second kappa shape index (κ2) is 11.7. The van der Waals surface area contributed by atoms with Crippen LogP contribution in [0, 0.1) is 3.57 Å². The van der Waals surface area contributed by atoms with Gasteiger partial charge in [-0.1, -0.05) is 28.1 Å². The van der Waals surface area contributed by atoms with Crippen molar-refractivity contribution in [1.29, 1.82) is 0 Å². The van der Waals surface area contributed by atoms with Gasteiger partial charge in [0, 0.05) is 28.8 Å². The van der Waals surface area contributed by atoms with Crippen LogP contribution in [0.4, 0.5) is 5.69 Å². The number of benzene rings is 3. The zero-order valence-electron chi connectivity index (χ0n) is 18.8. The minimum absolute atomic E-state index is 0.250. The van der Waals surface area contributed by atoms with Gasteiger partial charge in [-0.25, -0.2) is 5.43 Å². The first kappa shape index (κ1) is 24.5. The molecule has 3 aromatic carbocycles. The number of anilines is 1. The number of ether oxygens (including phenoxy) is 2. The predicted octanol–water partition coefficient (Wildman–Crippen LogP) is 6.01. The van der Waals surface area contributed by atoms with Crippen molar-refractivity contribution in [1.82, 2.24) is 5.43 Å². The summed E-state index contributed by atoms with van der Waals surface area (Å²) in [5.41, 5.74) is 6.18. The molecule has 1 amide bonds. The van der Waals surface area contributed by atoms with E-state index in [-0.39, 0.29) is 5.91 Å². The number of nitrogens with one attached hydrogen (secondary N) is 1. The summed E-state index contributed by atoms with van der Waals surface area (Å²) in [7, 11) is 1.60. The van der Waals surface area contributed by atoms with Crippen LogP contribution in [0.1, 0.15) is 34.3 Å². The van der Waals surface area contributed by atoms with E-state index in [4.69, 9.17) is 9.47 Å². The van der Waals surface area contributed by atoms with Crippen LogP contribution in [-0.2, 0) is 6.61 Å². The molecule has 0 saturated carbocycles. The van der Waals surface area contributed by atoms with Gasteiger partial charge in [0.05, 0.1) is 16.9 Å². The molecule has 1 aliphatic heterocycles. The summed E-state index contributed by atoms with van der Waals surface area (Å²) in [6.07, 6.45) is 4.04. The van der Waals surface area contributed by atoms with Crippen molar-refractivity contribution in [3.05, 3.63) is 85.4 Å². The van der Waals surface area contributed by atoms with Gasteiger partial charge in [0.1, 0.15) is 6.61 Å². The summed E-state index contributed by atoms with van der Waals surface area (Å²) in [6.45, 7) is 2.58. The van der Waals surface area contributed by atoms with Gasteiger partial charge in [-0.05, 0) is 95.1 Å². The number of carbonyl (C=O) groups excluding carboxylic acids is 1. The van der Waals surface area contributed by atoms with E-state index >= 15 is 0 Å². The molecule has 0 aliphatic carbocycles. The van der Waals surface area contributed by atoms with E-state index in [1.807, 2.05) is 60.7 Å². The fourth-order valence-corrected chi connectivity index (χ4v) is 4.76. The number of nitrogens with zero attached hydrogens (tertiary/aromatic N) is 2. The Morgan fingerprint density at radius 2 is 1.82 bits per heavy atom. The first-order chi connectivity index (χ1) is 16.5. The lowest BCUT2D eigenvalue weighted by molar-refractivity contribution is 0.0955. The van der Waals surface area contributed by atoms with Crippen LogP contribution in [0.25, 0.3) is 0 Å². The van der Waals surface area contributed by atoms with Gasteiger partial charge in [0.25, 0.3) is 5.91 Å². The third kappa shape index (κ3) is 6.29. The second-order valence-electron chi connectivity index (χ2n) is 7.89. The SMILES string of the molecule is COc1cc(/C=N\NC(=O)c2ccc(N3CCCC3)cc2)cc(I)c1OCc1ccc(Br)cc1. The molecule has 1 fully saturated rings. The lowest BCUT2D eigenvalue weighted by atomic mass is 10.2. The Hall–Kier alpha value is -2.59.